The first-order valence-electron chi connectivity index (χ1n) is 6.98. The molecule has 0 saturated heterocycles. The highest BCUT2D eigenvalue weighted by Gasteiger charge is 2.23. The number of nitrogens with one attached hydrogen (secondary N) is 1. The van der Waals surface area contributed by atoms with E-state index in [-0.39, 0.29) is 15.6 Å². The zero-order valence-corrected chi connectivity index (χ0v) is 14.7. The van der Waals surface area contributed by atoms with Crippen molar-refractivity contribution < 1.29 is 17.6 Å². The van der Waals surface area contributed by atoms with Gasteiger partial charge in [0.25, 0.3) is 0 Å². The average Bonchev–Trinajstić information content (AvgIpc) is 2.51. The van der Waals surface area contributed by atoms with Crippen molar-refractivity contribution in [2.45, 2.75) is 11.8 Å². The number of para-hydroxylation sites is 1. The van der Waals surface area contributed by atoms with Crippen LogP contribution in [0.1, 0.15) is 5.56 Å². The average molecular weight is 371 g/mol. The van der Waals surface area contributed by atoms with Crippen molar-refractivity contribution in [3.8, 4) is 0 Å². The van der Waals surface area contributed by atoms with Crippen LogP contribution in [0.5, 0.6) is 0 Å². The Morgan fingerprint density at radius 2 is 1.83 bits per heavy atom. The molecule has 0 aliphatic rings. The summed E-state index contributed by atoms with van der Waals surface area (Å²) in [7, 11) is -2.54. The van der Waals surface area contributed by atoms with Gasteiger partial charge in [0.1, 0.15) is 5.82 Å². The number of aryl methyl sites for hydroxylation is 1. The van der Waals surface area contributed by atoms with Gasteiger partial charge in [0, 0.05) is 7.05 Å². The molecule has 0 aromatic heterocycles. The summed E-state index contributed by atoms with van der Waals surface area (Å²) in [4.78, 5) is 12.1. The summed E-state index contributed by atoms with van der Waals surface area (Å²) in [6.45, 7) is 1.37. The molecule has 1 N–H and O–H groups in total. The third kappa shape index (κ3) is 4.11. The Labute approximate surface area is 145 Å². The second-order valence-corrected chi connectivity index (χ2v) is 7.67. The van der Waals surface area contributed by atoms with Crippen molar-refractivity contribution in [2.75, 3.05) is 18.9 Å². The van der Waals surface area contributed by atoms with Gasteiger partial charge in [-0.2, -0.15) is 4.31 Å². The van der Waals surface area contributed by atoms with Gasteiger partial charge < -0.3 is 5.32 Å². The van der Waals surface area contributed by atoms with Gasteiger partial charge in [-0.1, -0.05) is 35.4 Å². The molecular formula is C16H16ClFN2O3S. The number of halogens is 2. The molecule has 0 radical (unpaired) electrons. The molecule has 2 rings (SSSR count). The SMILES string of the molecule is Cc1ccc(S(=O)(=O)N(C)CC(=O)Nc2c(F)cccc2Cl)cc1. The van der Waals surface area contributed by atoms with E-state index in [0.717, 1.165) is 15.9 Å². The van der Waals surface area contributed by atoms with E-state index in [1.54, 1.807) is 12.1 Å². The smallest absolute Gasteiger partial charge is 0.243 e. The normalized spacial score (nSPS) is 11.5. The van der Waals surface area contributed by atoms with E-state index in [0.29, 0.717) is 0 Å². The highest BCUT2D eigenvalue weighted by Crippen LogP contribution is 2.24. The van der Waals surface area contributed by atoms with Crippen LogP contribution in [0.25, 0.3) is 0 Å². The maximum Gasteiger partial charge on any atom is 0.243 e. The minimum atomic E-state index is -3.82. The van der Waals surface area contributed by atoms with Crippen molar-refractivity contribution in [1.82, 2.24) is 4.31 Å². The Hall–Kier alpha value is -1.96. The molecule has 1 amide bonds. The third-order valence-corrected chi connectivity index (χ3v) is 5.46. The Bertz CT molecular complexity index is 834. The van der Waals surface area contributed by atoms with Crippen LogP contribution in [-0.4, -0.2) is 32.2 Å². The van der Waals surface area contributed by atoms with Crippen molar-refractivity contribution in [1.29, 1.82) is 0 Å². The molecular weight excluding hydrogens is 355 g/mol. The zero-order valence-electron chi connectivity index (χ0n) is 13.1. The standard InChI is InChI=1S/C16H16ClFN2O3S/c1-11-6-8-12(9-7-11)24(22,23)20(2)10-15(21)19-16-13(17)4-3-5-14(16)18/h3-9H,10H2,1-2H3,(H,19,21). The summed E-state index contributed by atoms with van der Waals surface area (Å²) in [5.41, 5.74) is 0.744. The van der Waals surface area contributed by atoms with E-state index < -0.39 is 28.3 Å². The minimum Gasteiger partial charge on any atom is -0.321 e. The summed E-state index contributed by atoms with van der Waals surface area (Å²) in [6.07, 6.45) is 0. The van der Waals surface area contributed by atoms with E-state index in [1.165, 1.54) is 31.3 Å². The molecule has 0 aliphatic carbocycles. The van der Waals surface area contributed by atoms with Crippen LogP contribution in [0.3, 0.4) is 0 Å². The highest BCUT2D eigenvalue weighted by atomic mass is 35.5. The first-order valence-corrected chi connectivity index (χ1v) is 8.80. The lowest BCUT2D eigenvalue weighted by Gasteiger charge is -2.17. The molecule has 0 spiro atoms. The molecule has 0 aliphatic heterocycles. The zero-order chi connectivity index (χ0) is 17.9. The monoisotopic (exact) mass is 370 g/mol. The largest absolute Gasteiger partial charge is 0.321 e. The fraction of sp³-hybridized carbons (Fsp3) is 0.188. The van der Waals surface area contributed by atoms with Crippen LogP contribution in [0.15, 0.2) is 47.4 Å². The molecule has 128 valence electrons. The number of sulfonamides is 1. The van der Waals surface area contributed by atoms with Gasteiger partial charge in [0.05, 0.1) is 22.2 Å². The van der Waals surface area contributed by atoms with Gasteiger partial charge in [-0.15, -0.1) is 0 Å². The van der Waals surface area contributed by atoms with Gasteiger partial charge >= 0.3 is 0 Å². The molecule has 0 bridgehead atoms. The van der Waals surface area contributed by atoms with Gasteiger partial charge in [0.15, 0.2) is 0 Å². The van der Waals surface area contributed by atoms with Crippen molar-refractivity contribution in [3.63, 3.8) is 0 Å². The van der Waals surface area contributed by atoms with E-state index in [1.807, 2.05) is 6.92 Å². The van der Waals surface area contributed by atoms with Gasteiger partial charge in [0.2, 0.25) is 15.9 Å². The molecule has 0 unspecified atom stereocenters. The van der Waals surface area contributed by atoms with Crippen LogP contribution in [0.4, 0.5) is 10.1 Å². The second-order valence-electron chi connectivity index (χ2n) is 5.22. The van der Waals surface area contributed by atoms with Gasteiger partial charge in [-0.25, -0.2) is 12.8 Å². The summed E-state index contributed by atoms with van der Waals surface area (Å²) in [6, 6.07) is 10.2. The lowest BCUT2D eigenvalue weighted by Crippen LogP contribution is -2.35. The number of nitrogens with zero attached hydrogens (tertiary/aromatic N) is 1. The number of amides is 1. The van der Waals surface area contributed by atoms with Crippen LogP contribution >= 0.6 is 11.6 Å². The van der Waals surface area contributed by atoms with Gasteiger partial charge in [-0.05, 0) is 31.2 Å². The fourth-order valence-corrected chi connectivity index (χ4v) is 3.31. The molecule has 0 saturated carbocycles. The Morgan fingerprint density at radius 1 is 1.21 bits per heavy atom. The summed E-state index contributed by atoms with van der Waals surface area (Å²) < 4.78 is 39.4. The van der Waals surface area contributed by atoms with E-state index in [9.17, 15) is 17.6 Å². The predicted octanol–water partition coefficient (Wildman–Crippen LogP) is 3.05. The van der Waals surface area contributed by atoms with Crippen molar-refractivity contribution >= 4 is 33.2 Å². The third-order valence-electron chi connectivity index (χ3n) is 3.32. The number of hydrogen-bond donors (Lipinski definition) is 1. The highest BCUT2D eigenvalue weighted by molar-refractivity contribution is 7.89. The first-order chi connectivity index (χ1) is 11.2. The number of carbonyl (C=O) groups excluding carboxylic acids is 1. The van der Waals surface area contributed by atoms with Crippen LogP contribution in [-0.2, 0) is 14.8 Å². The number of benzene rings is 2. The van der Waals surface area contributed by atoms with Crippen LogP contribution in [0.2, 0.25) is 5.02 Å². The number of likely N-dealkylation sites (N-methyl/N-ethyl adjacent to an activating group) is 1. The lowest BCUT2D eigenvalue weighted by atomic mass is 10.2. The van der Waals surface area contributed by atoms with Gasteiger partial charge in [-0.3, -0.25) is 4.79 Å². The Balaban J connectivity index is 2.12. The number of rotatable bonds is 5. The number of hydrogen-bond acceptors (Lipinski definition) is 3. The topological polar surface area (TPSA) is 66.5 Å². The van der Waals surface area contributed by atoms with E-state index >= 15 is 0 Å². The summed E-state index contributed by atoms with van der Waals surface area (Å²) >= 11 is 5.82. The van der Waals surface area contributed by atoms with Crippen molar-refractivity contribution in [2.24, 2.45) is 0 Å². The minimum absolute atomic E-state index is 0.0346. The Kier molecular flexibility index (Phi) is 5.58. The molecule has 2 aromatic carbocycles. The first kappa shape index (κ1) is 18.4. The van der Waals surface area contributed by atoms with E-state index in [2.05, 4.69) is 5.32 Å². The van der Waals surface area contributed by atoms with Crippen LogP contribution < -0.4 is 5.32 Å². The van der Waals surface area contributed by atoms with Crippen molar-refractivity contribution in [3.05, 3.63) is 58.9 Å². The predicted molar refractivity (Wildman–Crippen MR) is 91.0 cm³/mol. The summed E-state index contributed by atoms with van der Waals surface area (Å²) in [5.74, 6) is -1.39. The molecule has 5 nitrogen and oxygen atoms in total. The number of anilines is 1. The maximum absolute atomic E-state index is 13.7. The summed E-state index contributed by atoms with van der Waals surface area (Å²) in [5, 5.41) is 2.32. The van der Waals surface area contributed by atoms with Crippen LogP contribution in [0, 0.1) is 12.7 Å². The van der Waals surface area contributed by atoms with E-state index in [4.69, 9.17) is 11.6 Å². The number of carbonyl (C=O) groups is 1. The Morgan fingerprint density at radius 3 is 2.42 bits per heavy atom. The quantitative estimate of drug-likeness (QED) is 0.879. The fourth-order valence-electron chi connectivity index (χ4n) is 1.97. The second kappa shape index (κ2) is 7.29. The molecule has 2 aromatic rings. The lowest BCUT2D eigenvalue weighted by molar-refractivity contribution is -0.116. The molecule has 24 heavy (non-hydrogen) atoms. The maximum atomic E-state index is 13.7. The molecule has 0 atom stereocenters. The molecule has 0 heterocycles. The molecule has 0 fully saturated rings. The molecule has 8 heteroatoms.